The molecule has 0 bridgehead atoms. The van der Waals surface area contributed by atoms with Gasteiger partial charge in [-0.1, -0.05) is 50.5 Å². The molecule has 0 aromatic heterocycles. The second kappa shape index (κ2) is 9.54. The van der Waals surface area contributed by atoms with Gasteiger partial charge in [-0.15, -0.1) is 0 Å². The van der Waals surface area contributed by atoms with E-state index >= 15 is 0 Å². The number of fused-ring (bicyclic) bond motifs is 5. The molecular weight excluding hydrogens is 404 g/mol. The molecule has 4 rings (SSSR count). The van der Waals surface area contributed by atoms with Gasteiger partial charge in [-0.05, 0) is 125 Å². The van der Waals surface area contributed by atoms with Crippen LogP contribution in [0.3, 0.4) is 0 Å². The SMILES string of the molecule is CCC(CCC(C)C1CCC2C3=CCC4CC(OC(C)=O)CCC4(C)C3CCC21C)=C(C)C. The van der Waals surface area contributed by atoms with Crippen LogP contribution in [0.1, 0.15) is 119 Å². The van der Waals surface area contributed by atoms with Crippen molar-refractivity contribution in [3.05, 3.63) is 22.8 Å². The minimum absolute atomic E-state index is 0.106. The van der Waals surface area contributed by atoms with E-state index in [1.165, 1.54) is 57.8 Å². The molecule has 3 saturated carbocycles. The van der Waals surface area contributed by atoms with Crippen molar-refractivity contribution in [3.63, 3.8) is 0 Å². The Hall–Kier alpha value is -1.05. The Morgan fingerprint density at radius 1 is 1.06 bits per heavy atom. The van der Waals surface area contributed by atoms with Crippen molar-refractivity contribution >= 4 is 5.97 Å². The van der Waals surface area contributed by atoms with Gasteiger partial charge in [0, 0.05) is 6.92 Å². The summed E-state index contributed by atoms with van der Waals surface area (Å²) in [4.78, 5) is 11.5. The first-order valence-corrected chi connectivity index (χ1v) is 14.1. The normalized spacial score (nSPS) is 40.7. The molecule has 0 N–H and O–H groups in total. The molecule has 8 unspecified atom stereocenters. The first-order chi connectivity index (χ1) is 15.6. The molecular formula is C31H50O2. The standard InChI is InChI=1S/C31H50O2/c1-8-23(20(2)3)10-9-21(4)27-13-14-28-26-12-11-24-19-25(33-22(5)32)15-17-30(24,6)29(26)16-18-31(27,28)7/h12,21,24-25,27-29H,8-11,13-19H2,1-7H3. The zero-order valence-corrected chi connectivity index (χ0v) is 22.6. The average Bonchev–Trinajstić information content (AvgIpc) is 3.11. The number of allylic oxidation sites excluding steroid dienone is 4. The molecule has 0 aromatic rings. The Morgan fingerprint density at radius 2 is 1.76 bits per heavy atom. The Morgan fingerprint density at radius 3 is 2.42 bits per heavy atom. The highest BCUT2D eigenvalue weighted by Gasteiger charge is 2.58. The van der Waals surface area contributed by atoms with Crippen LogP contribution in [-0.2, 0) is 9.53 Å². The number of ether oxygens (including phenoxy) is 1. The summed E-state index contributed by atoms with van der Waals surface area (Å²) >= 11 is 0. The van der Waals surface area contributed by atoms with E-state index in [0.717, 1.165) is 36.5 Å². The lowest BCUT2D eigenvalue weighted by Gasteiger charge is -2.58. The zero-order valence-electron chi connectivity index (χ0n) is 22.6. The molecule has 33 heavy (non-hydrogen) atoms. The molecule has 186 valence electrons. The molecule has 0 aliphatic heterocycles. The molecule has 0 amide bonds. The van der Waals surface area contributed by atoms with Crippen LogP contribution in [0.2, 0.25) is 0 Å². The van der Waals surface area contributed by atoms with Gasteiger partial charge in [-0.3, -0.25) is 4.79 Å². The van der Waals surface area contributed by atoms with Crippen molar-refractivity contribution in [3.8, 4) is 0 Å². The van der Waals surface area contributed by atoms with Crippen molar-refractivity contribution in [2.75, 3.05) is 0 Å². The van der Waals surface area contributed by atoms with Crippen LogP contribution in [-0.4, -0.2) is 12.1 Å². The Balaban J connectivity index is 1.48. The van der Waals surface area contributed by atoms with Gasteiger partial charge in [-0.25, -0.2) is 0 Å². The third-order valence-corrected chi connectivity index (χ3v) is 11.2. The molecule has 0 radical (unpaired) electrons. The van der Waals surface area contributed by atoms with Crippen LogP contribution >= 0.6 is 0 Å². The summed E-state index contributed by atoms with van der Waals surface area (Å²) in [7, 11) is 0. The number of esters is 1. The number of carbonyl (C=O) groups excluding carboxylic acids is 1. The smallest absolute Gasteiger partial charge is 0.302 e. The maximum absolute atomic E-state index is 11.5. The van der Waals surface area contributed by atoms with Gasteiger partial charge < -0.3 is 4.74 Å². The van der Waals surface area contributed by atoms with E-state index < -0.39 is 0 Å². The van der Waals surface area contributed by atoms with E-state index in [-0.39, 0.29) is 12.1 Å². The van der Waals surface area contributed by atoms with Crippen molar-refractivity contribution < 1.29 is 9.53 Å². The van der Waals surface area contributed by atoms with Gasteiger partial charge >= 0.3 is 5.97 Å². The van der Waals surface area contributed by atoms with Crippen molar-refractivity contribution in [2.45, 2.75) is 125 Å². The number of rotatable bonds is 6. The highest BCUT2D eigenvalue weighted by Crippen LogP contribution is 2.67. The minimum Gasteiger partial charge on any atom is -0.463 e. The summed E-state index contributed by atoms with van der Waals surface area (Å²) < 4.78 is 5.65. The summed E-state index contributed by atoms with van der Waals surface area (Å²) in [6.07, 6.45) is 16.9. The van der Waals surface area contributed by atoms with Crippen LogP contribution in [0.25, 0.3) is 0 Å². The molecule has 0 saturated heterocycles. The zero-order chi connectivity index (χ0) is 24.0. The predicted octanol–water partition coefficient (Wildman–Crippen LogP) is 8.66. The van der Waals surface area contributed by atoms with Crippen LogP contribution in [0.15, 0.2) is 22.8 Å². The lowest BCUT2D eigenvalue weighted by Crippen LogP contribution is -2.50. The first kappa shape index (κ1) is 25.1. The summed E-state index contributed by atoms with van der Waals surface area (Å²) in [6.45, 7) is 16.3. The van der Waals surface area contributed by atoms with Crippen LogP contribution in [0.5, 0.6) is 0 Å². The van der Waals surface area contributed by atoms with Crippen molar-refractivity contribution in [2.24, 2.45) is 40.4 Å². The fraction of sp³-hybridized carbons (Fsp3) is 0.839. The lowest BCUT2D eigenvalue weighted by atomic mass is 9.47. The monoisotopic (exact) mass is 454 g/mol. The third-order valence-electron chi connectivity index (χ3n) is 11.2. The Kier molecular flexibility index (Phi) is 7.24. The summed E-state index contributed by atoms with van der Waals surface area (Å²) in [6, 6.07) is 0. The molecule has 4 aliphatic carbocycles. The fourth-order valence-electron chi connectivity index (χ4n) is 9.17. The van der Waals surface area contributed by atoms with Gasteiger partial charge in [0.2, 0.25) is 0 Å². The molecule has 0 aromatic carbocycles. The summed E-state index contributed by atoms with van der Waals surface area (Å²) in [5, 5.41) is 0. The highest BCUT2D eigenvalue weighted by atomic mass is 16.5. The van der Waals surface area contributed by atoms with Gasteiger partial charge in [-0.2, -0.15) is 0 Å². The number of hydrogen-bond acceptors (Lipinski definition) is 2. The Labute approximate surface area is 204 Å². The van der Waals surface area contributed by atoms with Gasteiger partial charge in [0.15, 0.2) is 0 Å². The molecule has 2 nitrogen and oxygen atoms in total. The van der Waals surface area contributed by atoms with E-state index in [1.807, 2.05) is 5.57 Å². The van der Waals surface area contributed by atoms with Crippen molar-refractivity contribution in [1.82, 2.24) is 0 Å². The van der Waals surface area contributed by atoms with E-state index in [1.54, 1.807) is 18.1 Å². The maximum Gasteiger partial charge on any atom is 0.302 e. The fourth-order valence-corrected chi connectivity index (χ4v) is 9.17. The molecule has 0 spiro atoms. The molecule has 0 heterocycles. The molecule has 4 aliphatic rings. The van der Waals surface area contributed by atoms with E-state index in [9.17, 15) is 4.79 Å². The summed E-state index contributed by atoms with van der Waals surface area (Å²) in [5.41, 5.74) is 5.98. The second-order valence-electron chi connectivity index (χ2n) is 13.0. The van der Waals surface area contributed by atoms with Crippen LogP contribution in [0.4, 0.5) is 0 Å². The van der Waals surface area contributed by atoms with Crippen LogP contribution < -0.4 is 0 Å². The topological polar surface area (TPSA) is 26.3 Å². The van der Waals surface area contributed by atoms with Crippen molar-refractivity contribution in [1.29, 1.82) is 0 Å². The van der Waals surface area contributed by atoms with E-state index in [0.29, 0.717) is 16.7 Å². The number of hydrogen-bond donors (Lipinski definition) is 0. The minimum atomic E-state index is -0.106. The largest absolute Gasteiger partial charge is 0.463 e. The van der Waals surface area contributed by atoms with E-state index in [4.69, 9.17) is 4.74 Å². The van der Waals surface area contributed by atoms with Crippen LogP contribution in [0, 0.1) is 40.4 Å². The maximum atomic E-state index is 11.5. The van der Waals surface area contributed by atoms with Gasteiger partial charge in [0.1, 0.15) is 6.10 Å². The molecule has 3 fully saturated rings. The van der Waals surface area contributed by atoms with Gasteiger partial charge in [0.05, 0.1) is 0 Å². The predicted molar refractivity (Wildman–Crippen MR) is 138 cm³/mol. The first-order valence-electron chi connectivity index (χ1n) is 14.1. The van der Waals surface area contributed by atoms with Gasteiger partial charge in [0.25, 0.3) is 0 Å². The molecule has 2 heteroatoms. The lowest BCUT2D eigenvalue weighted by molar-refractivity contribution is -0.152. The Bertz CT molecular complexity index is 802. The molecule has 8 atom stereocenters. The highest BCUT2D eigenvalue weighted by molar-refractivity contribution is 5.66. The average molecular weight is 455 g/mol. The quantitative estimate of drug-likeness (QED) is 0.296. The number of carbonyl (C=O) groups is 1. The summed E-state index contributed by atoms with van der Waals surface area (Å²) in [5.74, 6) is 3.85. The second-order valence-corrected chi connectivity index (χ2v) is 13.0. The third kappa shape index (κ3) is 4.50. The van der Waals surface area contributed by atoms with E-state index in [2.05, 4.69) is 47.6 Å².